The summed E-state index contributed by atoms with van der Waals surface area (Å²) in [6.45, 7) is 6.06. The summed E-state index contributed by atoms with van der Waals surface area (Å²) in [7, 11) is 0. The maximum absolute atomic E-state index is 12.8. The van der Waals surface area contributed by atoms with E-state index in [0.29, 0.717) is 23.8 Å². The summed E-state index contributed by atoms with van der Waals surface area (Å²) < 4.78 is 5.87. The highest BCUT2D eigenvalue weighted by molar-refractivity contribution is 7.80. The number of benzene rings is 2. The van der Waals surface area contributed by atoms with Crippen molar-refractivity contribution in [3.8, 4) is 0 Å². The van der Waals surface area contributed by atoms with Crippen LogP contribution in [0.4, 0.5) is 5.69 Å². The average Bonchev–Trinajstić information content (AvgIpc) is 3.27. The predicted molar refractivity (Wildman–Crippen MR) is 131 cm³/mol. The van der Waals surface area contributed by atoms with E-state index in [1.54, 1.807) is 0 Å². The van der Waals surface area contributed by atoms with Crippen molar-refractivity contribution < 1.29 is 4.74 Å². The minimum atomic E-state index is -0.0783. The molecule has 0 saturated carbocycles. The van der Waals surface area contributed by atoms with E-state index in [9.17, 15) is 4.79 Å². The number of fused-ring (bicyclic) bond motifs is 1. The van der Waals surface area contributed by atoms with E-state index in [4.69, 9.17) is 17.0 Å². The van der Waals surface area contributed by atoms with Crippen LogP contribution in [0.25, 0.3) is 10.9 Å². The highest BCUT2D eigenvalue weighted by Gasteiger charge is 2.22. The molecule has 0 spiro atoms. The van der Waals surface area contributed by atoms with Gasteiger partial charge in [0.15, 0.2) is 5.11 Å². The molecule has 162 valence electrons. The van der Waals surface area contributed by atoms with E-state index in [0.717, 1.165) is 48.0 Å². The Morgan fingerprint density at radius 3 is 2.84 bits per heavy atom. The number of ether oxygens (including phenoxy) is 1. The van der Waals surface area contributed by atoms with E-state index in [1.807, 2.05) is 36.4 Å². The van der Waals surface area contributed by atoms with Crippen LogP contribution in [0.2, 0.25) is 0 Å². The fraction of sp³-hybridized carbons (Fsp3) is 0.360. The first-order valence-electron chi connectivity index (χ1n) is 10.9. The Balaban J connectivity index is 1.61. The van der Waals surface area contributed by atoms with Gasteiger partial charge in [0.1, 0.15) is 0 Å². The van der Waals surface area contributed by atoms with Crippen molar-refractivity contribution in [2.75, 3.05) is 18.5 Å². The first-order chi connectivity index (χ1) is 15.0. The lowest BCUT2D eigenvalue weighted by molar-refractivity contribution is 0.0904. The molecule has 4 rings (SSSR count). The summed E-state index contributed by atoms with van der Waals surface area (Å²) in [4.78, 5) is 17.9. The summed E-state index contributed by atoms with van der Waals surface area (Å²) >= 11 is 5.81. The van der Waals surface area contributed by atoms with Crippen LogP contribution in [0, 0.1) is 6.92 Å². The molecule has 3 aromatic rings. The molecule has 1 aliphatic rings. The molecule has 6 heteroatoms. The zero-order valence-corrected chi connectivity index (χ0v) is 18.9. The van der Waals surface area contributed by atoms with Crippen LogP contribution in [0.5, 0.6) is 0 Å². The standard InChI is InChI=1S/C25H29N3O2S/c1-3-18-7-4-5-9-22(18)27-25(31)28(16-21-8-6-12-30-21)15-20-14-19-13-17(2)10-11-23(19)26-24(20)29/h4-5,7,9-11,13-14,21H,3,6,8,12,15-16H2,1-2H3,(H,26,29)(H,27,31)/t21-/m0/s1. The van der Waals surface area contributed by atoms with Crippen molar-refractivity contribution in [3.63, 3.8) is 0 Å². The average molecular weight is 436 g/mol. The van der Waals surface area contributed by atoms with Gasteiger partial charge in [-0.05, 0) is 73.6 Å². The molecule has 1 aromatic heterocycles. The normalized spacial score (nSPS) is 15.9. The van der Waals surface area contributed by atoms with Crippen LogP contribution >= 0.6 is 12.2 Å². The number of para-hydroxylation sites is 1. The molecule has 0 aliphatic carbocycles. The number of nitrogens with one attached hydrogen (secondary N) is 2. The van der Waals surface area contributed by atoms with Crippen LogP contribution < -0.4 is 10.9 Å². The number of aromatic amines is 1. The molecule has 5 nitrogen and oxygen atoms in total. The fourth-order valence-corrected chi connectivity index (χ4v) is 4.34. The number of hydrogen-bond donors (Lipinski definition) is 2. The van der Waals surface area contributed by atoms with Gasteiger partial charge in [0.25, 0.3) is 5.56 Å². The first kappa shape index (κ1) is 21.5. The number of aryl methyl sites for hydroxylation is 2. The van der Waals surface area contributed by atoms with Crippen LogP contribution in [-0.4, -0.2) is 34.3 Å². The monoisotopic (exact) mass is 435 g/mol. The highest BCUT2D eigenvalue weighted by Crippen LogP contribution is 2.20. The van der Waals surface area contributed by atoms with Crippen molar-refractivity contribution >= 4 is 33.9 Å². The molecule has 0 amide bonds. The Morgan fingerprint density at radius 1 is 1.23 bits per heavy atom. The highest BCUT2D eigenvalue weighted by atomic mass is 32.1. The summed E-state index contributed by atoms with van der Waals surface area (Å²) in [5.74, 6) is 0. The van der Waals surface area contributed by atoms with Crippen molar-refractivity contribution in [1.82, 2.24) is 9.88 Å². The van der Waals surface area contributed by atoms with Crippen molar-refractivity contribution in [3.05, 3.63) is 75.6 Å². The Labute approximate surface area is 188 Å². The summed E-state index contributed by atoms with van der Waals surface area (Å²) in [6.07, 6.45) is 3.12. The number of H-pyrrole nitrogens is 1. The molecule has 0 radical (unpaired) electrons. The van der Waals surface area contributed by atoms with Gasteiger partial charge < -0.3 is 19.9 Å². The van der Waals surface area contributed by atoms with Crippen LogP contribution in [-0.2, 0) is 17.7 Å². The molecular weight excluding hydrogens is 406 g/mol. The Morgan fingerprint density at radius 2 is 2.06 bits per heavy atom. The molecule has 0 unspecified atom stereocenters. The second-order valence-corrected chi connectivity index (χ2v) is 8.56. The lowest BCUT2D eigenvalue weighted by Crippen LogP contribution is -2.40. The van der Waals surface area contributed by atoms with Crippen LogP contribution in [0.15, 0.2) is 53.3 Å². The smallest absolute Gasteiger partial charge is 0.253 e. The second kappa shape index (κ2) is 9.62. The van der Waals surface area contributed by atoms with E-state index >= 15 is 0 Å². The zero-order valence-electron chi connectivity index (χ0n) is 18.1. The predicted octanol–water partition coefficient (Wildman–Crippen LogP) is 4.78. The largest absolute Gasteiger partial charge is 0.376 e. The number of aromatic nitrogens is 1. The number of nitrogens with zero attached hydrogens (tertiary/aromatic N) is 1. The lowest BCUT2D eigenvalue weighted by Gasteiger charge is -2.28. The van der Waals surface area contributed by atoms with E-state index in [2.05, 4.69) is 41.2 Å². The SMILES string of the molecule is CCc1ccccc1NC(=S)N(Cc1cc2cc(C)ccc2[nH]c1=O)C[C@@H]1CCCO1. The fourth-order valence-electron chi connectivity index (χ4n) is 4.09. The van der Waals surface area contributed by atoms with Crippen molar-refractivity contribution in [2.45, 2.75) is 45.8 Å². The molecule has 2 heterocycles. The summed E-state index contributed by atoms with van der Waals surface area (Å²) in [5, 5.41) is 5.05. The lowest BCUT2D eigenvalue weighted by atomic mass is 10.1. The van der Waals surface area contributed by atoms with Gasteiger partial charge in [0, 0.05) is 29.9 Å². The maximum atomic E-state index is 12.8. The van der Waals surface area contributed by atoms with E-state index in [-0.39, 0.29) is 11.7 Å². The van der Waals surface area contributed by atoms with Crippen LogP contribution in [0.3, 0.4) is 0 Å². The molecule has 2 N–H and O–H groups in total. The van der Waals surface area contributed by atoms with Gasteiger partial charge in [-0.15, -0.1) is 0 Å². The minimum absolute atomic E-state index is 0.0783. The molecule has 31 heavy (non-hydrogen) atoms. The third kappa shape index (κ3) is 5.14. The zero-order chi connectivity index (χ0) is 21.8. The third-order valence-electron chi connectivity index (χ3n) is 5.81. The molecular formula is C25H29N3O2S. The summed E-state index contributed by atoms with van der Waals surface area (Å²) in [5.41, 5.74) is 4.85. The van der Waals surface area contributed by atoms with Crippen molar-refractivity contribution in [2.24, 2.45) is 0 Å². The number of pyridine rings is 1. The number of anilines is 1. The van der Waals surface area contributed by atoms with Gasteiger partial charge in [0.2, 0.25) is 0 Å². The molecule has 1 saturated heterocycles. The Bertz CT molecular complexity index is 1140. The molecule has 1 atom stereocenters. The molecule has 2 aromatic carbocycles. The van der Waals surface area contributed by atoms with E-state index < -0.39 is 0 Å². The van der Waals surface area contributed by atoms with Crippen molar-refractivity contribution in [1.29, 1.82) is 0 Å². The number of thiocarbonyl (C=S) groups is 1. The summed E-state index contributed by atoms with van der Waals surface area (Å²) in [6, 6.07) is 16.2. The van der Waals surface area contributed by atoms with Gasteiger partial charge in [-0.3, -0.25) is 4.79 Å². The quantitative estimate of drug-likeness (QED) is 0.546. The third-order valence-corrected chi connectivity index (χ3v) is 6.17. The van der Waals surface area contributed by atoms with E-state index in [1.165, 1.54) is 5.56 Å². The first-order valence-corrected chi connectivity index (χ1v) is 11.3. The minimum Gasteiger partial charge on any atom is -0.376 e. The van der Waals surface area contributed by atoms with Gasteiger partial charge in [0.05, 0.1) is 12.6 Å². The molecule has 0 bridgehead atoms. The number of rotatable bonds is 6. The Hall–Kier alpha value is -2.70. The maximum Gasteiger partial charge on any atom is 0.253 e. The topological polar surface area (TPSA) is 57.4 Å². The molecule has 1 aliphatic heterocycles. The van der Waals surface area contributed by atoms with Gasteiger partial charge in [-0.1, -0.05) is 36.8 Å². The van der Waals surface area contributed by atoms with Gasteiger partial charge >= 0.3 is 0 Å². The number of hydrogen-bond acceptors (Lipinski definition) is 3. The second-order valence-electron chi connectivity index (χ2n) is 8.17. The Kier molecular flexibility index (Phi) is 6.68. The molecule has 1 fully saturated rings. The van der Waals surface area contributed by atoms with Gasteiger partial charge in [-0.2, -0.15) is 0 Å². The van der Waals surface area contributed by atoms with Crippen LogP contribution in [0.1, 0.15) is 36.5 Å². The van der Waals surface area contributed by atoms with Gasteiger partial charge in [-0.25, -0.2) is 0 Å².